The van der Waals surface area contributed by atoms with E-state index in [1.165, 1.54) is 18.2 Å². The van der Waals surface area contributed by atoms with Crippen molar-refractivity contribution < 1.29 is 23.9 Å². The number of carbonyl (C=O) groups is 3. The highest BCUT2D eigenvalue weighted by Gasteiger charge is 2.15. The molecule has 0 aliphatic carbocycles. The summed E-state index contributed by atoms with van der Waals surface area (Å²) in [4.78, 5) is 36.0. The molecule has 1 rings (SSSR count). The highest BCUT2D eigenvalue weighted by molar-refractivity contribution is 7.99. The van der Waals surface area contributed by atoms with Gasteiger partial charge in [0.25, 0.3) is 0 Å². The molecule has 0 fully saturated rings. The molecule has 0 aliphatic rings. The Labute approximate surface area is 152 Å². The van der Waals surface area contributed by atoms with Gasteiger partial charge in [0.1, 0.15) is 0 Å². The number of nitrogens with one attached hydrogen (secondary N) is 1. The number of esters is 2. The van der Waals surface area contributed by atoms with Gasteiger partial charge in [-0.05, 0) is 44.2 Å². The third-order valence-electron chi connectivity index (χ3n) is 3.11. The Morgan fingerprint density at radius 3 is 2.00 bits per heavy atom. The van der Waals surface area contributed by atoms with E-state index in [9.17, 15) is 14.4 Å². The Balaban J connectivity index is 2.90. The molecule has 1 aromatic carbocycles. The zero-order valence-corrected chi connectivity index (χ0v) is 15.7. The van der Waals surface area contributed by atoms with Crippen LogP contribution in [0.15, 0.2) is 18.2 Å². The van der Waals surface area contributed by atoms with Crippen LogP contribution in [0.25, 0.3) is 0 Å². The molecule has 0 saturated heterocycles. The first kappa shape index (κ1) is 21.0. The predicted octanol–water partition coefficient (Wildman–Crippen LogP) is 3.51. The van der Waals surface area contributed by atoms with E-state index in [1.807, 2.05) is 0 Å². The van der Waals surface area contributed by atoms with Gasteiger partial charge >= 0.3 is 11.9 Å². The lowest BCUT2D eigenvalue weighted by Crippen LogP contribution is -2.16. The fourth-order valence-corrected chi connectivity index (χ4v) is 2.87. The fraction of sp³-hybridized carbons (Fsp3) is 0.500. The second kappa shape index (κ2) is 11.5. The number of hydrogen-bond acceptors (Lipinski definition) is 6. The molecule has 7 heteroatoms. The van der Waals surface area contributed by atoms with Crippen molar-refractivity contribution >= 4 is 35.3 Å². The maximum absolute atomic E-state index is 12.0. The van der Waals surface area contributed by atoms with Crippen LogP contribution in [0.2, 0.25) is 0 Å². The summed E-state index contributed by atoms with van der Waals surface area (Å²) in [6.07, 6.45) is 2.14. The van der Waals surface area contributed by atoms with Crippen LogP contribution in [0.5, 0.6) is 0 Å². The van der Waals surface area contributed by atoms with Crippen molar-refractivity contribution in [3.05, 3.63) is 29.3 Å². The van der Waals surface area contributed by atoms with E-state index in [1.54, 1.807) is 25.6 Å². The lowest BCUT2D eigenvalue weighted by molar-refractivity contribution is -0.113. The Kier molecular flexibility index (Phi) is 9.69. The van der Waals surface area contributed by atoms with E-state index in [0.717, 1.165) is 18.6 Å². The number of carbonyl (C=O) groups excluding carboxylic acids is 3. The molecule has 0 heterocycles. The van der Waals surface area contributed by atoms with Gasteiger partial charge in [0.05, 0.1) is 30.1 Å². The predicted molar refractivity (Wildman–Crippen MR) is 99.2 cm³/mol. The number of benzene rings is 1. The van der Waals surface area contributed by atoms with Crippen LogP contribution < -0.4 is 5.32 Å². The van der Waals surface area contributed by atoms with E-state index in [2.05, 4.69) is 12.2 Å². The standard InChI is InChI=1S/C18H25NO5S/c1-4-7-8-25-12-16(20)19-15-10-13(17(21)23-5-2)9-14(11-15)18(22)24-6-3/h9-11H,4-8,12H2,1-3H3,(H,19,20). The van der Waals surface area contributed by atoms with Crippen LogP contribution in [0.4, 0.5) is 5.69 Å². The summed E-state index contributed by atoms with van der Waals surface area (Å²) in [6, 6.07) is 4.40. The maximum Gasteiger partial charge on any atom is 0.338 e. The summed E-state index contributed by atoms with van der Waals surface area (Å²) in [7, 11) is 0. The highest BCUT2D eigenvalue weighted by Crippen LogP contribution is 2.18. The molecule has 0 saturated carbocycles. The SMILES string of the molecule is CCCCSCC(=O)Nc1cc(C(=O)OCC)cc(C(=O)OCC)c1. The molecule has 138 valence electrons. The third kappa shape index (κ3) is 7.60. The topological polar surface area (TPSA) is 81.7 Å². The summed E-state index contributed by atoms with van der Waals surface area (Å²) in [5, 5.41) is 2.72. The molecule has 0 radical (unpaired) electrons. The minimum absolute atomic E-state index is 0.183. The van der Waals surface area contributed by atoms with Gasteiger partial charge in [-0.25, -0.2) is 9.59 Å². The number of anilines is 1. The van der Waals surface area contributed by atoms with Crippen molar-refractivity contribution in [1.29, 1.82) is 0 Å². The number of amides is 1. The number of unbranched alkanes of at least 4 members (excludes halogenated alkanes) is 1. The van der Waals surface area contributed by atoms with Crippen LogP contribution in [0.3, 0.4) is 0 Å². The van der Waals surface area contributed by atoms with Crippen molar-refractivity contribution in [2.75, 3.05) is 30.0 Å². The van der Waals surface area contributed by atoms with Gasteiger partial charge in [0.2, 0.25) is 5.91 Å². The van der Waals surface area contributed by atoms with Crippen molar-refractivity contribution in [2.24, 2.45) is 0 Å². The minimum atomic E-state index is -0.554. The Morgan fingerprint density at radius 1 is 0.960 bits per heavy atom. The minimum Gasteiger partial charge on any atom is -0.462 e. The summed E-state index contributed by atoms with van der Waals surface area (Å²) >= 11 is 1.55. The number of thioether (sulfide) groups is 1. The molecule has 0 unspecified atom stereocenters. The monoisotopic (exact) mass is 367 g/mol. The van der Waals surface area contributed by atoms with E-state index in [4.69, 9.17) is 9.47 Å². The second-order valence-corrected chi connectivity index (χ2v) is 6.30. The van der Waals surface area contributed by atoms with Crippen LogP contribution in [-0.2, 0) is 14.3 Å². The van der Waals surface area contributed by atoms with Gasteiger partial charge in [-0.1, -0.05) is 13.3 Å². The van der Waals surface area contributed by atoms with Gasteiger partial charge in [-0.2, -0.15) is 11.8 Å². The van der Waals surface area contributed by atoms with Crippen LogP contribution >= 0.6 is 11.8 Å². The van der Waals surface area contributed by atoms with Crippen LogP contribution in [0.1, 0.15) is 54.3 Å². The molecular formula is C18H25NO5S. The first-order valence-electron chi connectivity index (χ1n) is 8.38. The molecule has 0 bridgehead atoms. The molecule has 0 aromatic heterocycles. The Bertz CT molecular complexity index is 567. The second-order valence-electron chi connectivity index (χ2n) is 5.19. The summed E-state index contributed by atoms with van der Waals surface area (Å²) in [5.74, 6) is -0.0564. The fourth-order valence-electron chi connectivity index (χ4n) is 1.97. The van der Waals surface area contributed by atoms with E-state index >= 15 is 0 Å². The lowest BCUT2D eigenvalue weighted by atomic mass is 10.1. The molecular weight excluding hydrogens is 342 g/mol. The maximum atomic E-state index is 12.0. The summed E-state index contributed by atoms with van der Waals surface area (Å²) in [5.41, 5.74) is 0.761. The zero-order valence-electron chi connectivity index (χ0n) is 14.9. The lowest BCUT2D eigenvalue weighted by Gasteiger charge is -2.10. The Hall–Kier alpha value is -2.02. The molecule has 1 amide bonds. The molecule has 0 spiro atoms. The van der Waals surface area contributed by atoms with Gasteiger partial charge in [0.15, 0.2) is 0 Å². The molecule has 0 aliphatic heterocycles. The zero-order chi connectivity index (χ0) is 18.7. The number of ether oxygens (including phenoxy) is 2. The quantitative estimate of drug-likeness (QED) is 0.503. The van der Waals surface area contributed by atoms with Crippen molar-refractivity contribution in [2.45, 2.75) is 33.6 Å². The molecule has 1 aromatic rings. The van der Waals surface area contributed by atoms with Gasteiger partial charge < -0.3 is 14.8 Å². The van der Waals surface area contributed by atoms with Crippen LogP contribution in [0, 0.1) is 0 Å². The number of hydrogen-bond donors (Lipinski definition) is 1. The number of rotatable bonds is 10. The third-order valence-corrected chi connectivity index (χ3v) is 4.16. The average molecular weight is 367 g/mol. The average Bonchev–Trinajstić information content (AvgIpc) is 2.59. The first-order chi connectivity index (χ1) is 12.0. The largest absolute Gasteiger partial charge is 0.462 e. The van der Waals surface area contributed by atoms with Gasteiger partial charge in [0, 0.05) is 5.69 Å². The van der Waals surface area contributed by atoms with E-state index in [-0.39, 0.29) is 30.2 Å². The molecule has 1 N–H and O–H groups in total. The smallest absolute Gasteiger partial charge is 0.338 e. The summed E-state index contributed by atoms with van der Waals surface area (Å²) in [6.45, 7) is 5.93. The van der Waals surface area contributed by atoms with Crippen molar-refractivity contribution in [3.8, 4) is 0 Å². The van der Waals surface area contributed by atoms with Gasteiger partial charge in [-0.3, -0.25) is 4.79 Å². The van der Waals surface area contributed by atoms with E-state index in [0.29, 0.717) is 11.4 Å². The molecule has 6 nitrogen and oxygen atoms in total. The van der Waals surface area contributed by atoms with E-state index < -0.39 is 11.9 Å². The van der Waals surface area contributed by atoms with Crippen LogP contribution in [-0.4, -0.2) is 42.6 Å². The van der Waals surface area contributed by atoms with Crippen molar-refractivity contribution in [1.82, 2.24) is 0 Å². The Morgan fingerprint density at radius 2 is 1.52 bits per heavy atom. The van der Waals surface area contributed by atoms with Crippen molar-refractivity contribution in [3.63, 3.8) is 0 Å². The molecule has 0 atom stereocenters. The molecule has 25 heavy (non-hydrogen) atoms. The highest BCUT2D eigenvalue weighted by atomic mass is 32.2. The van der Waals surface area contributed by atoms with Gasteiger partial charge in [-0.15, -0.1) is 0 Å². The first-order valence-corrected chi connectivity index (χ1v) is 9.54. The summed E-state index contributed by atoms with van der Waals surface area (Å²) < 4.78 is 9.93. The normalized spacial score (nSPS) is 10.2.